The van der Waals surface area contributed by atoms with Crippen LogP contribution in [0.4, 0.5) is 0 Å². The second kappa shape index (κ2) is 14.4. The van der Waals surface area contributed by atoms with E-state index in [-0.39, 0.29) is 14.9 Å². The van der Waals surface area contributed by atoms with E-state index in [1.807, 2.05) is 27.7 Å². The normalized spacial score (nSPS) is 41.7. The Balaban J connectivity index is 0. The summed E-state index contributed by atoms with van der Waals surface area (Å²) in [7, 11) is 0. The molecular weight excluding hydrogens is 372 g/mol. The molecule has 0 aromatic heterocycles. The molecule has 184 valence electrons. The van der Waals surface area contributed by atoms with Crippen molar-refractivity contribution in [1.82, 2.24) is 0 Å². The topological polar surface area (TPSA) is 0 Å². The molecule has 0 aliphatic heterocycles. The van der Waals surface area contributed by atoms with E-state index in [0.29, 0.717) is 10.8 Å². The van der Waals surface area contributed by atoms with Crippen molar-refractivity contribution in [3.05, 3.63) is 12.7 Å². The predicted octanol–water partition coefficient (Wildman–Crippen LogP) is 10.4. The van der Waals surface area contributed by atoms with Crippen LogP contribution >= 0.6 is 0 Å². The quantitative estimate of drug-likeness (QED) is 0.300. The first-order valence-electron chi connectivity index (χ1n) is 12.9. The van der Waals surface area contributed by atoms with Crippen LogP contribution in [0.2, 0.25) is 0 Å². The third-order valence-electron chi connectivity index (χ3n) is 9.58. The van der Waals surface area contributed by atoms with Crippen molar-refractivity contribution in [2.75, 3.05) is 0 Å². The molecule has 4 aliphatic rings. The molecular formula is C31H60. The van der Waals surface area contributed by atoms with Gasteiger partial charge >= 0.3 is 0 Å². The van der Waals surface area contributed by atoms with Gasteiger partial charge in [-0.25, -0.2) is 0 Å². The van der Waals surface area contributed by atoms with Gasteiger partial charge in [0.1, 0.15) is 0 Å². The van der Waals surface area contributed by atoms with E-state index < -0.39 is 0 Å². The summed E-state index contributed by atoms with van der Waals surface area (Å²) in [5, 5.41) is 0. The molecule has 31 heavy (non-hydrogen) atoms. The first-order valence-corrected chi connectivity index (χ1v) is 12.9. The minimum absolute atomic E-state index is 0. The molecule has 4 aliphatic carbocycles. The smallest absolute Gasteiger partial charge is 0.0263 e. The lowest BCUT2D eigenvalue weighted by atomic mass is 9.44. The molecule has 0 heterocycles. The second-order valence-electron chi connectivity index (χ2n) is 10.4. The molecule has 0 N–H and O–H groups in total. The molecule has 8 unspecified atom stereocenters. The maximum atomic E-state index is 4.05. The molecule has 0 heteroatoms. The predicted molar refractivity (Wildman–Crippen MR) is 145 cm³/mol. The van der Waals surface area contributed by atoms with E-state index >= 15 is 0 Å². The maximum Gasteiger partial charge on any atom is -0.0263 e. The van der Waals surface area contributed by atoms with E-state index in [9.17, 15) is 0 Å². The third kappa shape index (κ3) is 6.01. The van der Waals surface area contributed by atoms with Gasteiger partial charge in [0, 0.05) is 0 Å². The van der Waals surface area contributed by atoms with Gasteiger partial charge in [0.05, 0.1) is 0 Å². The molecule has 0 nitrogen and oxygen atoms in total. The molecule has 4 rings (SSSR count). The number of fused-ring (bicyclic) bond motifs is 5. The Morgan fingerprint density at radius 1 is 0.806 bits per heavy atom. The van der Waals surface area contributed by atoms with Gasteiger partial charge in [0.25, 0.3) is 0 Å². The van der Waals surface area contributed by atoms with Gasteiger partial charge in [-0.1, -0.05) is 75.8 Å². The summed E-state index contributed by atoms with van der Waals surface area (Å²) in [5.74, 6) is 6.10. The first-order chi connectivity index (χ1) is 14.0. The van der Waals surface area contributed by atoms with Gasteiger partial charge in [-0.15, -0.1) is 19.4 Å². The third-order valence-corrected chi connectivity index (χ3v) is 9.58. The fourth-order valence-electron chi connectivity index (χ4n) is 8.17. The molecule has 4 saturated carbocycles. The van der Waals surface area contributed by atoms with Crippen LogP contribution in [0.5, 0.6) is 0 Å². The molecule has 0 aromatic rings. The van der Waals surface area contributed by atoms with E-state index in [2.05, 4.69) is 46.3 Å². The van der Waals surface area contributed by atoms with Crippen molar-refractivity contribution in [3.63, 3.8) is 0 Å². The fourth-order valence-corrected chi connectivity index (χ4v) is 8.17. The zero-order valence-electron chi connectivity index (χ0n) is 21.0. The van der Waals surface area contributed by atoms with E-state index in [1.54, 1.807) is 12.8 Å². The zero-order valence-corrected chi connectivity index (χ0v) is 21.0. The van der Waals surface area contributed by atoms with E-state index in [0.717, 1.165) is 35.5 Å². The maximum absolute atomic E-state index is 4.05. The Labute approximate surface area is 199 Å². The SMILES string of the molecule is C.C.C#C.C=CCC1CCC2C3CCC4CC(C)CCC4(C)C3CCC12C.CC.CC. The van der Waals surface area contributed by atoms with Gasteiger partial charge in [-0.2, -0.15) is 0 Å². The minimum atomic E-state index is 0. The summed E-state index contributed by atoms with van der Waals surface area (Å²) in [5.41, 5.74) is 1.33. The Morgan fingerprint density at radius 3 is 1.94 bits per heavy atom. The molecule has 0 saturated heterocycles. The van der Waals surface area contributed by atoms with Crippen LogP contribution in [0.3, 0.4) is 0 Å². The number of rotatable bonds is 2. The Kier molecular flexibility index (Phi) is 15.1. The van der Waals surface area contributed by atoms with Crippen LogP contribution in [0, 0.1) is 59.2 Å². The van der Waals surface area contributed by atoms with Gasteiger partial charge < -0.3 is 0 Å². The fraction of sp³-hybridized carbons (Fsp3) is 0.871. The van der Waals surface area contributed by atoms with Crippen molar-refractivity contribution in [1.29, 1.82) is 0 Å². The van der Waals surface area contributed by atoms with E-state index in [1.165, 1.54) is 51.4 Å². The second-order valence-corrected chi connectivity index (χ2v) is 10.4. The Hall–Kier alpha value is -0.700. The number of terminal acetylenes is 1. The number of hydrogen-bond acceptors (Lipinski definition) is 0. The lowest BCUT2D eigenvalue weighted by Crippen LogP contribution is -2.53. The number of hydrogen-bond donors (Lipinski definition) is 0. The summed E-state index contributed by atoms with van der Waals surface area (Å²) >= 11 is 0. The highest BCUT2D eigenvalue weighted by Gasteiger charge is 2.59. The summed E-state index contributed by atoms with van der Waals surface area (Å²) in [6.07, 6.45) is 25.2. The van der Waals surface area contributed by atoms with Crippen molar-refractivity contribution >= 4 is 0 Å². The van der Waals surface area contributed by atoms with Gasteiger partial charge in [0.15, 0.2) is 0 Å². The number of allylic oxidation sites excluding steroid dienone is 1. The van der Waals surface area contributed by atoms with Crippen LogP contribution in [-0.2, 0) is 0 Å². The van der Waals surface area contributed by atoms with Crippen LogP contribution in [-0.4, -0.2) is 0 Å². The van der Waals surface area contributed by atoms with Crippen LogP contribution in [0.25, 0.3) is 0 Å². The molecule has 0 spiro atoms. The molecule has 8 atom stereocenters. The summed E-state index contributed by atoms with van der Waals surface area (Å²) < 4.78 is 0. The molecule has 4 fully saturated rings. The summed E-state index contributed by atoms with van der Waals surface area (Å²) in [4.78, 5) is 0. The highest BCUT2D eigenvalue weighted by molar-refractivity contribution is 5.09. The van der Waals surface area contributed by atoms with Crippen molar-refractivity contribution in [3.8, 4) is 12.8 Å². The minimum Gasteiger partial charge on any atom is -0.124 e. The van der Waals surface area contributed by atoms with Crippen molar-refractivity contribution in [2.24, 2.45) is 46.3 Å². The zero-order chi connectivity index (χ0) is 22.2. The highest BCUT2D eigenvalue weighted by atomic mass is 14.6. The Bertz CT molecular complexity index is 501. The summed E-state index contributed by atoms with van der Waals surface area (Å²) in [6, 6.07) is 0. The van der Waals surface area contributed by atoms with Crippen LogP contribution < -0.4 is 0 Å². The largest absolute Gasteiger partial charge is 0.124 e. The van der Waals surface area contributed by atoms with E-state index in [4.69, 9.17) is 0 Å². The average Bonchev–Trinajstić information content (AvgIpc) is 3.10. The molecule has 0 bridgehead atoms. The van der Waals surface area contributed by atoms with Gasteiger partial charge in [-0.3, -0.25) is 0 Å². The van der Waals surface area contributed by atoms with Gasteiger partial charge in [0.2, 0.25) is 0 Å². The lowest BCUT2D eigenvalue weighted by molar-refractivity contribution is -0.116. The first kappa shape index (κ1) is 32.5. The summed E-state index contributed by atoms with van der Waals surface area (Å²) in [6.45, 7) is 19.9. The monoisotopic (exact) mass is 432 g/mol. The molecule has 0 amide bonds. The van der Waals surface area contributed by atoms with Crippen LogP contribution in [0.1, 0.15) is 128 Å². The van der Waals surface area contributed by atoms with Crippen LogP contribution in [0.15, 0.2) is 12.7 Å². The molecule has 0 radical (unpaired) electrons. The van der Waals surface area contributed by atoms with Crippen molar-refractivity contribution < 1.29 is 0 Å². The average molecular weight is 433 g/mol. The Morgan fingerprint density at radius 2 is 1.35 bits per heavy atom. The highest BCUT2D eigenvalue weighted by Crippen LogP contribution is 2.68. The van der Waals surface area contributed by atoms with Crippen molar-refractivity contribution in [2.45, 2.75) is 128 Å². The molecule has 0 aromatic carbocycles. The lowest BCUT2D eigenvalue weighted by Gasteiger charge is -2.61. The van der Waals surface area contributed by atoms with Gasteiger partial charge in [-0.05, 0) is 104 Å². The standard InChI is InChI=1S/C23H38.2C2H6.C2H2.2CH4/c1-5-6-17-8-10-20-19-9-7-18-15-16(2)11-13-23(18,4)21(19)12-14-22(17,20)3;3*1-2;;/h5,16-21H,1,6-15H2,2-4H3;2*1-2H3;1-2H;2*1H4.